The SMILES string of the molecule is Cc1ccccc1C(=O)Nc1ccc(C(=O)N2C=C3NC=CN3Cc3cc4c(cc32)OCO4)cc1. The summed E-state index contributed by atoms with van der Waals surface area (Å²) < 4.78 is 11.1. The van der Waals surface area contributed by atoms with Crippen molar-refractivity contribution < 1.29 is 19.1 Å². The van der Waals surface area contributed by atoms with Crippen molar-refractivity contribution in [2.75, 3.05) is 17.0 Å². The van der Waals surface area contributed by atoms with E-state index in [0.717, 1.165) is 22.6 Å². The van der Waals surface area contributed by atoms with Crippen molar-refractivity contribution in [3.05, 3.63) is 107 Å². The highest BCUT2D eigenvalue weighted by atomic mass is 16.7. The lowest BCUT2D eigenvalue weighted by Crippen LogP contribution is -2.27. The van der Waals surface area contributed by atoms with Gasteiger partial charge >= 0.3 is 0 Å². The molecule has 3 heterocycles. The first-order valence-corrected chi connectivity index (χ1v) is 11.2. The molecule has 35 heavy (non-hydrogen) atoms. The molecule has 2 amide bonds. The quantitative estimate of drug-likeness (QED) is 0.599. The van der Waals surface area contributed by atoms with Crippen molar-refractivity contribution in [3.8, 4) is 11.5 Å². The fourth-order valence-corrected chi connectivity index (χ4v) is 4.35. The molecule has 2 N–H and O–H groups in total. The number of anilines is 2. The first-order valence-electron chi connectivity index (χ1n) is 11.2. The van der Waals surface area contributed by atoms with Crippen LogP contribution in [-0.4, -0.2) is 23.5 Å². The van der Waals surface area contributed by atoms with Crippen LogP contribution in [-0.2, 0) is 6.54 Å². The summed E-state index contributed by atoms with van der Waals surface area (Å²) in [5.41, 5.74) is 4.27. The van der Waals surface area contributed by atoms with Gasteiger partial charge in [-0.05, 0) is 54.4 Å². The molecular weight excluding hydrogens is 444 g/mol. The number of nitrogens with one attached hydrogen (secondary N) is 2. The zero-order valence-corrected chi connectivity index (χ0v) is 18.9. The summed E-state index contributed by atoms with van der Waals surface area (Å²) in [4.78, 5) is 29.9. The summed E-state index contributed by atoms with van der Waals surface area (Å²) in [5, 5.41) is 6.08. The molecule has 0 aliphatic carbocycles. The van der Waals surface area contributed by atoms with Crippen molar-refractivity contribution in [1.82, 2.24) is 10.2 Å². The van der Waals surface area contributed by atoms with Crippen LogP contribution in [0.15, 0.2) is 85.1 Å². The van der Waals surface area contributed by atoms with Crippen LogP contribution in [0, 0.1) is 6.92 Å². The van der Waals surface area contributed by atoms with Gasteiger partial charge in [-0.25, -0.2) is 0 Å². The molecule has 3 aromatic carbocycles. The lowest BCUT2D eigenvalue weighted by Gasteiger charge is -2.21. The van der Waals surface area contributed by atoms with Gasteiger partial charge in [0, 0.05) is 35.3 Å². The Bertz CT molecular complexity index is 1410. The molecule has 8 nitrogen and oxygen atoms in total. The highest BCUT2D eigenvalue weighted by molar-refractivity contribution is 6.09. The van der Waals surface area contributed by atoms with Crippen molar-refractivity contribution in [1.29, 1.82) is 0 Å². The Hall–Kier alpha value is -4.72. The normalized spacial score (nSPS) is 15.1. The van der Waals surface area contributed by atoms with Crippen LogP contribution in [0.25, 0.3) is 0 Å². The molecule has 0 aromatic heterocycles. The van der Waals surface area contributed by atoms with Gasteiger partial charge in [-0.15, -0.1) is 0 Å². The number of nitrogens with zero attached hydrogens (tertiary/aromatic N) is 2. The van der Waals surface area contributed by atoms with Crippen LogP contribution in [0.2, 0.25) is 0 Å². The van der Waals surface area contributed by atoms with Gasteiger partial charge in [-0.3, -0.25) is 14.5 Å². The van der Waals surface area contributed by atoms with Crippen LogP contribution >= 0.6 is 0 Å². The van der Waals surface area contributed by atoms with Crippen molar-refractivity contribution in [2.45, 2.75) is 13.5 Å². The van der Waals surface area contributed by atoms with E-state index >= 15 is 0 Å². The third-order valence-corrected chi connectivity index (χ3v) is 6.22. The van der Waals surface area contributed by atoms with Gasteiger partial charge in [-0.2, -0.15) is 0 Å². The number of carbonyl (C=O) groups excluding carboxylic acids is 2. The smallest absolute Gasteiger partial charge is 0.262 e. The molecule has 0 fully saturated rings. The molecule has 0 unspecified atom stereocenters. The topological polar surface area (TPSA) is 83.1 Å². The second kappa shape index (κ2) is 8.25. The van der Waals surface area contributed by atoms with Gasteiger partial charge in [-0.1, -0.05) is 18.2 Å². The van der Waals surface area contributed by atoms with Crippen molar-refractivity contribution in [2.24, 2.45) is 0 Å². The number of amides is 2. The largest absolute Gasteiger partial charge is 0.454 e. The van der Waals surface area contributed by atoms with Crippen LogP contribution < -0.4 is 25.0 Å². The minimum absolute atomic E-state index is 0.161. The molecule has 0 radical (unpaired) electrons. The van der Waals surface area contributed by atoms with Crippen molar-refractivity contribution >= 4 is 23.2 Å². The first kappa shape index (κ1) is 20.9. The number of aryl methyl sites for hydroxylation is 1. The van der Waals surface area contributed by atoms with Gasteiger partial charge in [0.05, 0.1) is 18.4 Å². The van der Waals surface area contributed by atoms with Gasteiger partial charge in [0.15, 0.2) is 11.5 Å². The maximum Gasteiger partial charge on any atom is 0.262 e. The third kappa shape index (κ3) is 3.74. The standard InChI is InChI=1S/C27H22N4O4/c1-17-4-2-3-5-21(17)26(32)29-20-8-6-18(7-9-20)27(33)31-15-25-28-10-11-30(25)14-19-12-23-24(13-22(19)31)35-16-34-23/h2-13,15,28H,14,16H2,1H3,(H,29,32). The van der Waals surface area contributed by atoms with E-state index in [1.807, 2.05) is 54.6 Å². The number of benzene rings is 3. The van der Waals surface area contributed by atoms with Gasteiger partial charge < -0.3 is 25.0 Å². The zero-order valence-electron chi connectivity index (χ0n) is 18.9. The fraction of sp³-hybridized carbons (Fsp3) is 0.111. The zero-order chi connectivity index (χ0) is 23.9. The highest BCUT2D eigenvalue weighted by Crippen LogP contribution is 2.41. The van der Waals surface area contributed by atoms with E-state index < -0.39 is 0 Å². The summed E-state index contributed by atoms with van der Waals surface area (Å²) in [5.74, 6) is 1.68. The number of hydrogen-bond acceptors (Lipinski definition) is 6. The molecule has 0 saturated carbocycles. The number of fused-ring (bicyclic) bond motifs is 3. The number of ether oxygens (including phenoxy) is 2. The minimum Gasteiger partial charge on any atom is -0.454 e. The Kier molecular flexibility index (Phi) is 4.92. The Labute approximate surface area is 202 Å². The molecule has 0 atom stereocenters. The molecule has 8 heteroatoms. The minimum atomic E-state index is -0.204. The maximum atomic E-state index is 13.7. The molecular formula is C27H22N4O4. The summed E-state index contributed by atoms with van der Waals surface area (Å²) >= 11 is 0. The first-order chi connectivity index (χ1) is 17.1. The summed E-state index contributed by atoms with van der Waals surface area (Å²) in [6.07, 6.45) is 5.54. The van der Waals surface area contributed by atoms with Crippen molar-refractivity contribution in [3.63, 3.8) is 0 Å². The van der Waals surface area contributed by atoms with E-state index in [1.54, 1.807) is 41.4 Å². The molecule has 0 bridgehead atoms. The third-order valence-electron chi connectivity index (χ3n) is 6.22. The molecule has 3 aliphatic rings. The summed E-state index contributed by atoms with van der Waals surface area (Å²) in [6.45, 7) is 2.63. The second-order valence-corrected chi connectivity index (χ2v) is 8.46. The Morgan fingerprint density at radius 2 is 1.77 bits per heavy atom. The monoisotopic (exact) mass is 466 g/mol. The lowest BCUT2D eigenvalue weighted by molar-refractivity contribution is 0.0995. The van der Waals surface area contributed by atoms with E-state index in [9.17, 15) is 9.59 Å². The summed E-state index contributed by atoms with van der Waals surface area (Å²) in [7, 11) is 0. The molecule has 174 valence electrons. The Morgan fingerprint density at radius 1 is 1.00 bits per heavy atom. The maximum absolute atomic E-state index is 13.7. The molecule has 0 saturated heterocycles. The van der Waals surface area contributed by atoms with Crippen LogP contribution in [0.3, 0.4) is 0 Å². The van der Waals surface area contributed by atoms with E-state index in [0.29, 0.717) is 34.9 Å². The highest BCUT2D eigenvalue weighted by Gasteiger charge is 2.29. The van der Waals surface area contributed by atoms with E-state index in [-0.39, 0.29) is 18.6 Å². The van der Waals surface area contributed by atoms with E-state index in [1.165, 1.54) is 0 Å². The summed E-state index contributed by atoms with van der Waals surface area (Å²) in [6, 6.07) is 18.1. The Balaban J connectivity index is 1.29. The predicted molar refractivity (Wildman–Crippen MR) is 131 cm³/mol. The number of hydrogen-bond donors (Lipinski definition) is 2. The number of carbonyl (C=O) groups is 2. The second-order valence-electron chi connectivity index (χ2n) is 8.46. The van der Waals surface area contributed by atoms with Gasteiger partial charge in [0.2, 0.25) is 6.79 Å². The molecule has 0 spiro atoms. The average molecular weight is 466 g/mol. The molecule has 6 rings (SSSR count). The van der Waals surface area contributed by atoms with Gasteiger partial charge in [0.1, 0.15) is 5.82 Å². The molecule has 3 aliphatic heterocycles. The lowest BCUT2D eigenvalue weighted by atomic mass is 10.1. The average Bonchev–Trinajstić information content (AvgIpc) is 3.48. The number of rotatable bonds is 3. The Morgan fingerprint density at radius 3 is 2.57 bits per heavy atom. The van der Waals surface area contributed by atoms with E-state index in [2.05, 4.69) is 10.6 Å². The predicted octanol–water partition coefficient (Wildman–Crippen LogP) is 4.31. The van der Waals surface area contributed by atoms with Crippen LogP contribution in [0.1, 0.15) is 31.8 Å². The fourth-order valence-electron chi connectivity index (χ4n) is 4.35. The molecule has 3 aromatic rings. The van der Waals surface area contributed by atoms with Crippen LogP contribution in [0.5, 0.6) is 11.5 Å². The van der Waals surface area contributed by atoms with E-state index in [4.69, 9.17) is 9.47 Å². The van der Waals surface area contributed by atoms with Crippen LogP contribution in [0.4, 0.5) is 11.4 Å². The van der Waals surface area contributed by atoms with Gasteiger partial charge in [0.25, 0.3) is 11.8 Å².